The number of nitrogens with zero attached hydrogens (tertiary/aromatic N) is 3. The molecule has 0 saturated heterocycles. The van der Waals surface area contributed by atoms with Crippen molar-refractivity contribution in [3.8, 4) is 0 Å². The van der Waals surface area contributed by atoms with Crippen molar-refractivity contribution in [3.63, 3.8) is 0 Å². The van der Waals surface area contributed by atoms with E-state index in [2.05, 4.69) is 20.1 Å². The van der Waals surface area contributed by atoms with Crippen LogP contribution in [0.5, 0.6) is 0 Å². The molecule has 2 aromatic rings. The van der Waals surface area contributed by atoms with Gasteiger partial charge in [-0.3, -0.25) is 4.98 Å². The van der Waals surface area contributed by atoms with E-state index in [9.17, 15) is 13.2 Å². The normalized spacial score (nSPS) is 12.7. The first kappa shape index (κ1) is 13.1. The maximum atomic E-state index is 12.5. The lowest BCUT2D eigenvalue weighted by Gasteiger charge is -2.05. The molecule has 0 amide bonds. The highest BCUT2D eigenvalue weighted by atomic mass is 19.4. The smallest absolute Gasteiger partial charge is 0.410 e. The van der Waals surface area contributed by atoms with Gasteiger partial charge >= 0.3 is 6.18 Å². The Morgan fingerprint density at radius 3 is 2.58 bits per heavy atom. The predicted octanol–water partition coefficient (Wildman–Crippen LogP) is 2.14. The van der Waals surface area contributed by atoms with Crippen molar-refractivity contribution in [2.75, 3.05) is 0 Å². The van der Waals surface area contributed by atoms with E-state index in [1.54, 1.807) is 24.5 Å². The first-order chi connectivity index (χ1) is 9.00. The van der Waals surface area contributed by atoms with Crippen molar-refractivity contribution in [2.45, 2.75) is 12.6 Å². The zero-order valence-corrected chi connectivity index (χ0v) is 9.52. The molecule has 2 aromatic heterocycles. The summed E-state index contributed by atoms with van der Waals surface area (Å²) in [5.74, 6) is -0.515. The van der Waals surface area contributed by atoms with E-state index >= 15 is 0 Å². The minimum absolute atomic E-state index is 0.381. The van der Waals surface area contributed by atoms with Gasteiger partial charge in [0.05, 0.1) is 0 Å². The van der Waals surface area contributed by atoms with Gasteiger partial charge in [0.25, 0.3) is 0 Å². The molecule has 0 bridgehead atoms. The minimum atomic E-state index is -4.76. The minimum Gasteiger partial charge on any atom is -0.410 e. The second-order valence-corrected chi connectivity index (χ2v) is 3.74. The fraction of sp³-hybridized carbons (Fsp3) is 0.182. The third kappa shape index (κ3) is 3.09. The molecule has 100 valence electrons. The van der Waals surface area contributed by atoms with Crippen LogP contribution in [0.2, 0.25) is 0 Å². The average molecular weight is 270 g/mol. The van der Waals surface area contributed by atoms with E-state index < -0.39 is 17.7 Å². The maximum absolute atomic E-state index is 12.5. The van der Waals surface area contributed by atoms with Crippen molar-refractivity contribution >= 4 is 5.71 Å². The third-order valence-electron chi connectivity index (χ3n) is 2.37. The van der Waals surface area contributed by atoms with Crippen molar-refractivity contribution in [1.29, 1.82) is 0 Å². The lowest BCUT2D eigenvalue weighted by Crippen LogP contribution is -2.25. The number of pyridine rings is 1. The molecule has 0 atom stereocenters. The molecule has 0 aliphatic rings. The molecule has 0 aliphatic heterocycles. The van der Waals surface area contributed by atoms with Crippen LogP contribution in [0.15, 0.2) is 35.9 Å². The molecule has 0 radical (unpaired) electrons. The standard InChI is InChI=1S/C11H9F3N4O/c12-11(13,14)9(18-19)10-16-6-8(17-10)5-7-1-3-15-4-2-7/h1-4,6,19H,5H2,(H,16,17). The van der Waals surface area contributed by atoms with Crippen LogP contribution in [-0.4, -0.2) is 32.0 Å². The summed E-state index contributed by atoms with van der Waals surface area (Å²) in [6.45, 7) is 0. The quantitative estimate of drug-likeness (QED) is 0.509. The van der Waals surface area contributed by atoms with Gasteiger partial charge in [-0.2, -0.15) is 13.2 Å². The second kappa shape index (κ2) is 5.09. The molecule has 0 spiro atoms. The van der Waals surface area contributed by atoms with E-state index in [1.165, 1.54) is 6.20 Å². The van der Waals surface area contributed by atoms with Gasteiger partial charge in [-0.05, 0) is 17.7 Å². The van der Waals surface area contributed by atoms with E-state index in [1.807, 2.05) is 0 Å². The highest BCUT2D eigenvalue weighted by Gasteiger charge is 2.39. The molecule has 8 heteroatoms. The molecule has 2 heterocycles. The number of alkyl halides is 3. The van der Waals surface area contributed by atoms with E-state index in [4.69, 9.17) is 5.21 Å². The summed E-state index contributed by atoms with van der Waals surface area (Å²) in [5, 5.41) is 10.7. The average Bonchev–Trinajstić information content (AvgIpc) is 2.77. The monoisotopic (exact) mass is 270 g/mol. The van der Waals surface area contributed by atoms with Gasteiger partial charge < -0.3 is 10.2 Å². The number of hydrogen-bond donors (Lipinski definition) is 2. The van der Waals surface area contributed by atoms with E-state index in [-0.39, 0.29) is 0 Å². The zero-order chi connectivity index (χ0) is 13.9. The van der Waals surface area contributed by atoms with Gasteiger partial charge in [0, 0.05) is 30.7 Å². The van der Waals surface area contributed by atoms with Crippen molar-refractivity contribution < 1.29 is 18.4 Å². The summed E-state index contributed by atoms with van der Waals surface area (Å²) < 4.78 is 37.4. The summed E-state index contributed by atoms with van der Waals surface area (Å²) >= 11 is 0. The van der Waals surface area contributed by atoms with Crippen LogP contribution in [-0.2, 0) is 6.42 Å². The third-order valence-corrected chi connectivity index (χ3v) is 2.37. The molecule has 0 aliphatic carbocycles. The summed E-state index contributed by atoms with van der Waals surface area (Å²) in [5.41, 5.74) is -0.0974. The molecular formula is C11H9F3N4O. The van der Waals surface area contributed by atoms with Crippen LogP contribution >= 0.6 is 0 Å². The van der Waals surface area contributed by atoms with Gasteiger partial charge in [-0.15, -0.1) is 0 Å². The van der Waals surface area contributed by atoms with E-state index in [0.717, 1.165) is 5.56 Å². The highest BCUT2D eigenvalue weighted by Crippen LogP contribution is 2.21. The lowest BCUT2D eigenvalue weighted by atomic mass is 10.1. The Kier molecular flexibility index (Phi) is 3.50. The number of oxime groups is 1. The molecular weight excluding hydrogens is 261 g/mol. The largest absolute Gasteiger partial charge is 0.440 e. The Bertz CT molecular complexity index is 577. The van der Waals surface area contributed by atoms with Crippen LogP contribution in [0.3, 0.4) is 0 Å². The Morgan fingerprint density at radius 1 is 1.32 bits per heavy atom. The van der Waals surface area contributed by atoms with Gasteiger partial charge in [-0.25, -0.2) is 4.98 Å². The summed E-state index contributed by atoms with van der Waals surface area (Å²) in [4.78, 5) is 9.88. The first-order valence-electron chi connectivity index (χ1n) is 5.23. The van der Waals surface area contributed by atoms with Crippen molar-refractivity contribution in [3.05, 3.63) is 47.8 Å². The van der Waals surface area contributed by atoms with Crippen molar-refractivity contribution in [1.82, 2.24) is 15.0 Å². The highest BCUT2D eigenvalue weighted by molar-refractivity contribution is 6.01. The molecule has 0 fully saturated rings. The van der Waals surface area contributed by atoms with Gasteiger partial charge in [-0.1, -0.05) is 5.16 Å². The summed E-state index contributed by atoms with van der Waals surface area (Å²) in [7, 11) is 0. The van der Waals surface area contributed by atoms with Crippen LogP contribution < -0.4 is 0 Å². The fourth-order valence-corrected chi connectivity index (χ4v) is 1.53. The Balaban J connectivity index is 2.20. The van der Waals surface area contributed by atoms with Gasteiger partial charge in [0.2, 0.25) is 5.71 Å². The maximum Gasteiger partial charge on any atom is 0.440 e. The first-order valence-corrected chi connectivity index (χ1v) is 5.23. The van der Waals surface area contributed by atoms with Gasteiger partial charge in [0.15, 0.2) is 5.82 Å². The molecule has 2 N–H and O–H groups in total. The predicted molar refractivity (Wildman–Crippen MR) is 60.0 cm³/mol. The summed E-state index contributed by atoms with van der Waals surface area (Å²) in [6, 6.07) is 3.48. The van der Waals surface area contributed by atoms with Crippen LogP contribution in [0, 0.1) is 0 Å². The molecule has 5 nitrogen and oxygen atoms in total. The number of rotatable bonds is 3. The second-order valence-electron chi connectivity index (χ2n) is 3.74. The number of imidazole rings is 1. The Labute approximate surface area is 105 Å². The Hall–Kier alpha value is -2.38. The molecule has 2 rings (SSSR count). The number of aromatic amines is 1. The van der Waals surface area contributed by atoms with Crippen molar-refractivity contribution in [2.24, 2.45) is 5.16 Å². The number of nitrogens with one attached hydrogen (secondary N) is 1. The molecule has 0 unspecified atom stereocenters. The molecule has 19 heavy (non-hydrogen) atoms. The zero-order valence-electron chi connectivity index (χ0n) is 9.52. The Morgan fingerprint density at radius 2 is 2.00 bits per heavy atom. The number of H-pyrrole nitrogens is 1. The fourth-order valence-electron chi connectivity index (χ4n) is 1.53. The van der Waals surface area contributed by atoms with E-state index in [0.29, 0.717) is 12.1 Å². The number of aromatic nitrogens is 3. The molecule has 0 saturated carbocycles. The topological polar surface area (TPSA) is 74.2 Å². The number of hydrogen-bond acceptors (Lipinski definition) is 4. The number of halogens is 3. The van der Waals surface area contributed by atoms with Gasteiger partial charge in [0.1, 0.15) is 0 Å². The lowest BCUT2D eigenvalue weighted by molar-refractivity contribution is -0.0604. The van der Waals surface area contributed by atoms with Crippen LogP contribution in [0.1, 0.15) is 17.1 Å². The van der Waals surface area contributed by atoms with Crippen LogP contribution in [0.25, 0.3) is 0 Å². The molecule has 0 aromatic carbocycles. The summed E-state index contributed by atoms with van der Waals surface area (Å²) in [6.07, 6.45) is 0.0607. The SMILES string of the molecule is ON=C(c1ncc(Cc2ccncc2)[nH]1)C(F)(F)F. The van der Waals surface area contributed by atoms with Crippen LogP contribution in [0.4, 0.5) is 13.2 Å².